The summed E-state index contributed by atoms with van der Waals surface area (Å²) in [5.74, 6) is -2.56. The fourth-order valence-electron chi connectivity index (χ4n) is 5.30. The zero-order valence-electron chi connectivity index (χ0n) is 36.1. The van der Waals surface area contributed by atoms with Gasteiger partial charge >= 0.3 is 24.0 Å². The molecule has 0 aliphatic carbocycles. The summed E-state index contributed by atoms with van der Waals surface area (Å²) in [5, 5.41) is 5.69. The smallest absolute Gasteiger partial charge is 0.407 e. The number of esters is 3. The highest BCUT2D eigenvalue weighted by atomic mass is 35.5. The van der Waals surface area contributed by atoms with E-state index in [4.69, 9.17) is 35.3 Å². The van der Waals surface area contributed by atoms with Crippen LogP contribution in [0.4, 0.5) is 4.79 Å². The molecule has 0 spiro atoms. The summed E-state index contributed by atoms with van der Waals surface area (Å²) in [5.41, 5.74) is -1.11. The molecule has 2 N–H and O–H groups in total. The summed E-state index contributed by atoms with van der Waals surface area (Å²) in [6, 6.07) is 13.6. The number of benzene rings is 2. The van der Waals surface area contributed by atoms with Gasteiger partial charge in [0.1, 0.15) is 29.1 Å². The molecule has 58 heavy (non-hydrogen) atoms. The second kappa shape index (κ2) is 22.3. The molecule has 0 saturated heterocycles. The molecule has 2 rings (SSSR count). The van der Waals surface area contributed by atoms with Gasteiger partial charge < -0.3 is 34.3 Å². The lowest BCUT2D eigenvalue weighted by Gasteiger charge is -2.29. The SMILES string of the molecule is COc1ccc(C[C@@H](NC(=O)/C=C/C[C@H](OC(=O)[C@H](CC(C)C)OC(=O)C(C)(C)CNC(=O)OC(C)(C)C)[C@H](C)/C=C/c2ccccc2)C(=O)OC(C)(C)C)cc1Cl. The first-order valence-corrected chi connectivity index (χ1v) is 19.9. The first kappa shape index (κ1) is 49.3. The number of halogens is 1. The van der Waals surface area contributed by atoms with Crippen LogP contribution in [-0.4, -0.2) is 73.0 Å². The van der Waals surface area contributed by atoms with E-state index in [9.17, 15) is 24.0 Å². The quantitative estimate of drug-likeness (QED) is 0.0801. The van der Waals surface area contributed by atoms with Gasteiger partial charge in [-0.05, 0) is 97.1 Å². The molecule has 2 amide bonds. The summed E-state index contributed by atoms with van der Waals surface area (Å²) in [7, 11) is 1.50. The molecule has 0 aliphatic rings. The molecule has 12 nitrogen and oxygen atoms in total. The minimum Gasteiger partial charge on any atom is -0.495 e. The molecule has 0 saturated carbocycles. The van der Waals surface area contributed by atoms with Gasteiger partial charge in [-0.2, -0.15) is 0 Å². The number of methoxy groups -OCH3 is 1. The Morgan fingerprint density at radius 1 is 0.828 bits per heavy atom. The van der Waals surface area contributed by atoms with Gasteiger partial charge in [0.2, 0.25) is 5.91 Å². The van der Waals surface area contributed by atoms with Crippen molar-refractivity contribution < 1.29 is 47.7 Å². The molecule has 0 unspecified atom stereocenters. The Morgan fingerprint density at radius 3 is 2.03 bits per heavy atom. The van der Waals surface area contributed by atoms with Crippen molar-refractivity contribution in [1.29, 1.82) is 0 Å². The van der Waals surface area contributed by atoms with Crippen LogP contribution in [0.3, 0.4) is 0 Å². The average molecular weight is 827 g/mol. The fraction of sp³-hybridized carbons (Fsp3) is 0.533. The molecule has 2 aromatic carbocycles. The number of rotatable bonds is 19. The normalized spacial score (nSPS) is 14.3. The van der Waals surface area contributed by atoms with Gasteiger partial charge in [-0.3, -0.25) is 9.59 Å². The lowest BCUT2D eigenvalue weighted by atomic mass is 9.93. The van der Waals surface area contributed by atoms with E-state index in [1.807, 2.05) is 63.3 Å². The van der Waals surface area contributed by atoms with E-state index in [2.05, 4.69) is 10.6 Å². The third kappa shape index (κ3) is 18.6. The lowest BCUT2D eigenvalue weighted by Crippen LogP contribution is -2.45. The van der Waals surface area contributed by atoms with Gasteiger partial charge in [0.05, 0.1) is 17.5 Å². The highest BCUT2D eigenvalue weighted by molar-refractivity contribution is 6.32. The summed E-state index contributed by atoms with van der Waals surface area (Å²) in [6.07, 6.45) is 4.33. The Hall–Kier alpha value is -4.84. The molecule has 0 bridgehead atoms. The molecule has 320 valence electrons. The number of amides is 2. The Balaban J connectivity index is 2.31. The predicted molar refractivity (Wildman–Crippen MR) is 225 cm³/mol. The van der Waals surface area contributed by atoms with Crippen LogP contribution in [0.2, 0.25) is 5.02 Å². The number of hydrogen-bond donors (Lipinski definition) is 2. The molecule has 0 aromatic heterocycles. The van der Waals surface area contributed by atoms with E-state index in [1.165, 1.54) is 13.2 Å². The van der Waals surface area contributed by atoms with Crippen LogP contribution in [0.5, 0.6) is 5.75 Å². The van der Waals surface area contributed by atoms with Crippen LogP contribution < -0.4 is 15.4 Å². The van der Waals surface area contributed by atoms with Crippen molar-refractivity contribution in [2.24, 2.45) is 17.3 Å². The van der Waals surface area contributed by atoms with Crippen molar-refractivity contribution in [3.8, 4) is 5.75 Å². The second-order valence-corrected chi connectivity index (χ2v) is 17.7. The minimum absolute atomic E-state index is 0.0438. The molecule has 13 heteroatoms. The molecule has 4 atom stereocenters. The topological polar surface area (TPSA) is 156 Å². The maximum atomic E-state index is 13.8. The van der Waals surface area contributed by atoms with E-state index >= 15 is 0 Å². The van der Waals surface area contributed by atoms with Crippen LogP contribution in [0.1, 0.15) is 100 Å². The molecular formula is C45H63ClN2O10. The Labute approximate surface area is 349 Å². The zero-order chi connectivity index (χ0) is 43.8. The van der Waals surface area contributed by atoms with Crippen LogP contribution in [0.25, 0.3) is 6.08 Å². The number of ether oxygens (including phenoxy) is 5. The number of carbonyl (C=O) groups is 5. The monoisotopic (exact) mass is 826 g/mol. The van der Waals surface area contributed by atoms with Crippen molar-refractivity contribution in [3.05, 3.63) is 82.9 Å². The van der Waals surface area contributed by atoms with Crippen molar-refractivity contribution in [1.82, 2.24) is 10.6 Å². The van der Waals surface area contributed by atoms with Crippen molar-refractivity contribution >= 4 is 47.6 Å². The fourth-order valence-corrected chi connectivity index (χ4v) is 5.58. The molecule has 0 heterocycles. The van der Waals surface area contributed by atoms with Gasteiger partial charge in [-0.1, -0.05) is 87.0 Å². The summed E-state index contributed by atoms with van der Waals surface area (Å²) in [4.78, 5) is 66.1. The number of alkyl carbamates (subject to hydrolysis) is 1. The summed E-state index contributed by atoms with van der Waals surface area (Å²) >= 11 is 6.33. The Bertz CT molecular complexity index is 1740. The van der Waals surface area contributed by atoms with Gasteiger partial charge in [0, 0.05) is 25.3 Å². The van der Waals surface area contributed by atoms with Crippen LogP contribution in [0, 0.1) is 17.3 Å². The third-order valence-corrected chi connectivity index (χ3v) is 8.67. The van der Waals surface area contributed by atoms with E-state index in [1.54, 1.807) is 79.7 Å². The van der Waals surface area contributed by atoms with Crippen molar-refractivity contribution in [2.75, 3.05) is 13.7 Å². The van der Waals surface area contributed by atoms with E-state index in [0.717, 1.165) is 5.56 Å². The highest BCUT2D eigenvalue weighted by Crippen LogP contribution is 2.26. The molecule has 0 aliphatic heterocycles. The van der Waals surface area contributed by atoms with Crippen molar-refractivity contribution in [3.63, 3.8) is 0 Å². The van der Waals surface area contributed by atoms with Crippen LogP contribution in [0.15, 0.2) is 66.8 Å². The molecule has 0 radical (unpaired) electrons. The predicted octanol–water partition coefficient (Wildman–Crippen LogP) is 8.43. The van der Waals surface area contributed by atoms with E-state index in [0.29, 0.717) is 16.3 Å². The Kier molecular flexibility index (Phi) is 19.0. The van der Waals surface area contributed by atoms with Gasteiger partial charge in [-0.25, -0.2) is 14.4 Å². The number of nitrogens with one attached hydrogen (secondary N) is 2. The van der Waals surface area contributed by atoms with E-state index < -0.39 is 64.8 Å². The average Bonchev–Trinajstić information content (AvgIpc) is 3.11. The van der Waals surface area contributed by atoms with E-state index in [-0.39, 0.29) is 37.6 Å². The van der Waals surface area contributed by atoms with Gasteiger partial charge in [-0.15, -0.1) is 0 Å². The standard InChI is InChI=1S/C45H63ClN2O10/c1-29(2)25-37(56-41(52)45(10,11)28-47-42(53)58-44(7,8)9)40(51)55-35(30(3)21-22-31-17-14-13-15-18-31)19-16-20-38(49)48-34(39(50)57-43(4,5)6)27-32-23-24-36(54-12)33(46)26-32/h13-18,20-24,26,29-30,34-35,37H,19,25,27-28H2,1-12H3,(H,47,53)(H,48,49)/b20-16+,22-21+/t30-,34-,35+,37+/m1/s1. The first-order valence-electron chi connectivity index (χ1n) is 19.5. The maximum absolute atomic E-state index is 13.8. The van der Waals surface area contributed by atoms with Gasteiger partial charge in [0.15, 0.2) is 6.10 Å². The number of hydrogen-bond acceptors (Lipinski definition) is 10. The molecule has 0 fully saturated rings. The number of carbonyl (C=O) groups excluding carboxylic acids is 5. The second-order valence-electron chi connectivity index (χ2n) is 17.3. The summed E-state index contributed by atoms with van der Waals surface area (Å²) < 4.78 is 28.0. The first-order chi connectivity index (χ1) is 26.9. The van der Waals surface area contributed by atoms with Gasteiger partial charge in [0.25, 0.3) is 0 Å². The maximum Gasteiger partial charge on any atom is 0.407 e. The van der Waals surface area contributed by atoms with Crippen LogP contribution >= 0.6 is 11.6 Å². The lowest BCUT2D eigenvalue weighted by molar-refractivity contribution is -0.178. The molecule has 2 aromatic rings. The minimum atomic E-state index is -1.24. The summed E-state index contributed by atoms with van der Waals surface area (Å²) in [6.45, 7) is 19.2. The highest BCUT2D eigenvalue weighted by Gasteiger charge is 2.36. The van der Waals surface area contributed by atoms with Crippen LogP contribution in [-0.2, 0) is 44.5 Å². The largest absolute Gasteiger partial charge is 0.495 e. The Morgan fingerprint density at radius 2 is 1.47 bits per heavy atom. The third-order valence-electron chi connectivity index (χ3n) is 8.37. The van der Waals surface area contributed by atoms with Crippen molar-refractivity contribution in [2.45, 2.75) is 125 Å². The zero-order valence-corrected chi connectivity index (χ0v) is 36.9. The molecular weight excluding hydrogens is 764 g/mol.